The lowest BCUT2D eigenvalue weighted by Gasteiger charge is -2.24. The SMILES string of the molecule is COc1cc(C)c(C)cc1NCC1CCCNC1. The standard InChI is InChI=1S/C15H24N2O/c1-11-7-14(15(18-3)8-12(11)2)17-10-13-5-4-6-16-9-13/h7-8,13,16-17H,4-6,9-10H2,1-3H3. The zero-order valence-corrected chi connectivity index (χ0v) is 11.7. The first-order chi connectivity index (χ1) is 8.70. The molecular weight excluding hydrogens is 224 g/mol. The summed E-state index contributed by atoms with van der Waals surface area (Å²) >= 11 is 0. The van der Waals surface area contributed by atoms with Gasteiger partial charge in [0.1, 0.15) is 5.75 Å². The summed E-state index contributed by atoms with van der Waals surface area (Å²) in [5.41, 5.74) is 3.70. The number of piperidine rings is 1. The summed E-state index contributed by atoms with van der Waals surface area (Å²) in [5, 5.41) is 6.99. The maximum Gasteiger partial charge on any atom is 0.142 e. The van der Waals surface area contributed by atoms with Gasteiger partial charge in [-0.3, -0.25) is 0 Å². The first kappa shape index (κ1) is 13.2. The van der Waals surface area contributed by atoms with Crippen molar-refractivity contribution in [3.8, 4) is 5.75 Å². The summed E-state index contributed by atoms with van der Waals surface area (Å²) < 4.78 is 5.44. The number of hydrogen-bond donors (Lipinski definition) is 2. The van der Waals surface area contributed by atoms with Gasteiger partial charge < -0.3 is 15.4 Å². The van der Waals surface area contributed by atoms with Crippen LogP contribution in [-0.4, -0.2) is 26.7 Å². The fourth-order valence-corrected chi connectivity index (χ4v) is 2.45. The molecule has 2 N–H and O–H groups in total. The van der Waals surface area contributed by atoms with E-state index < -0.39 is 0 Å². The van der Waals surface area contributed by atoms with Crippen LogP contribution >= 0.6 is 0 Å². The summed E-state index contributed by atoms with van der Waals surface area (Å²) in [6.45, 7) is 7.57. The molecule has 0 amide bonds. The first-order valence-electron chi connectivity index (χ1n) is 6.80. The average molecular weight is 248 g/mol. The quantitative estimate of drug-likeness (QED) is 0.859. The first-order valence-corrected chi connectivity index (χ1v) is 6.80. The molecule has 1 fully saturated rings. The van der Waals surface area contributed by atoms with E-state index in [-0.39, 0.29) is 0 Å². The van der Waals surface area contributed by atoms with E-state index in [9.17, 15) is 0 Å². The predicted molar refractivity (Wildman–Crippen MR) is 76.6 cm³/mol. The fraction of sp³-hybridized carbons (Fsp3) is 0.600. The van der Waals surface area contributed by atoms with E-state index in [0.29, 0.717) is 0 Å². The molecule has 0 bridgehead atoms. The largest absolute Gasteiger partial charge is 0.495 e. The Morgan fingerprint density at radius 3 is 2.78 bits per heavy atom. The summed E-state index contributed by atoms with van der Waals surface area (Å²) in [7, 11) is 1.73. The Kier molecular flexibility index (Phi) is 4.48. The zero-order chi connectivity index (χ0) is 13.0. The molecule has 1 aliphatic rings. The minimum Gasteiger partial charge on any atom is -0.495 e. The van der Waals surface area contributed by atoms with E-state index in [2.05, 4.69) is 36.6 Å². The van der Waals surface area contributed by atoms with Gasteiger partial charge in [-0.05, 0) is 69.0 Å². The number of hydrogen-bond acceptors (Lipinski definition) is 3. The predicted octanol–water partition coefficient (Wildman–Crippen LogP) is 2.72. The maximum atomic E-state index is 5.44. The Balaban J connectivity index is 2.01. The second-order valence-electron chi connectivity index (χ2n) is 5.23. The van der Waals surface area contributed by atoms with Crippen molar-refractivity contribution >= 4 is 5.69 Å². The zero-order valence-electron chi connectivity index (χ0n) is 11.7. The van der Waals surface area contributed by atoms with Crippen molar-refractivity contribution in [2.45, 2.75) is 26.7 Å². The number of rotatable bonds is 4. The summed E-state index contributed by atoms with van der Waals surface area (Å²) in [6, 6.07) is 4.29. The molecule has 1 aromatic carbocycles. The molecule has 18 heavy (non-hydrogen) atoms. The van der Waals surface area contributed by atoms with Crippen LogP contribution in [0.1, 0.15) is 24.0 Å². The normalized spacial score (nSPS) is 19.6. The van der Waals surface area contributed by atoms with E-state index in [1.807, 2.05) is 0 Å². The minimum absolute atomic E-state index is 0.727. The smallest absolute Gasteiger partial charge is 0.142 e. The molecule has 0 spiro atoms. The van der Waals surface area contributed by atoms with Crippen LogP contribution in [0, 0.1) is 19.8 Å². The highest BCUT2D eigenvalue weighted by Gasteiger charge is 2.13. The molecule has 1 aliphatic heterocycles. The lowest BCUT2D eigenvalue weighted by molar-refractivity contribution is 0.390. The highest BCUT2D eigenvalue weighted by molar-refractivity contribution is 5.60. The number of methoxy groups -OCH3 is 1. The van der Waals surface area contributed by atoms with Gasteiger partial charge >= 0.3 is 0 Å². The second kappa shape index (κ2) is 6.10. The number of benzene rings is 1. The average Bonchev–Trinajstić information content (AvgIpc) is 2.41. The molecule has 3 heteroatoms. The highest BCUT2D eigenvalue weighted by Crippen LogP contribution is 2.28. The van der Waals surface area contributed by atoms with Gasteiger partial charge in [-0.15, -0.1) is 0 Å². The third-order valence-corrected chi connectivity index (χ3v) is 3.80. The maximum absolute atomic E-state index is 5.44. The van der Waals surface area contributed by atoms with Gasteiger partial charge in [-0.2, -0.15) is 0 Å². The van der Waals surface area contributed by atoms with Gasteiger partial charge in [0.15, 0.2) is 0 Å². The van der Waals surface area contributed by atoms with Crippen molar-refractivity contribution in [2.75, 3.05) is 32.1 Å². The Morgan fingerprint density at radius 2 is 2.11 bits per heavy atom. The molecule has 1 unspecified atom stereocenters. The van der Waals surface area contributed by atoms with Crippen molar-refractivity contribution < 1.29 is 4.74 Å². The molecule has 3 nitrogen and oxygen atoms in total. The number of ether oxygens (including phenoxy) is 1. The van der Waals surface area contributed by atoms with Gasteiger partial charge in [-0.25, -0.2) is 0 Å². The molecule has 0 aliphatic carbocycles. The van der Waals surface area contributed by atoms with Gasteiger partial charge in [-0.1, -0.05) is 0 Å². The molecule has 100 valence electrons. The molecule has 1 aromatic rings. The Morgan fingerprint density at radius 1 is 1.33 bits per heavy atom. The molecule has 1 heterocycles. The molecule has 0 saturated carbocycles. The lowest BCUT2D eigenvalue weighted by Crippen LogP contribution is -2.33. The van der Waals surface area contributed by atoms with Gasteiger partial charge in [0.05, 0.1) is 12.8 Å². The van der Waals surface area contributed by atoms with Crippen LogP contribution in [0.15, 0.2) is 12.1 Å². The van der Waals surface area contributed by atoms with E-state index >= 15 is 0 Å². The Hall–Kier alpha value is -1.22. The fourth-order valence-electron chi connectivity index (χ4n) is 2.45. The second-order valence-corrected chi connectivity index (χ2v) is 5.23. The van der Waals surface area contributed by atoms with Crippen LogP contribution < -0.4 is 15.4 Å². The minimum atomic E-state index is 0.727. The van der Waals surface area contributed by atoms with Crippen molar-refractivity contribution in [3.63, 3.8) is 0 Å². The molecule has 2 rings (SSSR count). The van der Waals surface area contributed by atoms with E-state index in [0.717, 1.165) is 30.4 Å². The van der Waals surface area contributed by atoms with Crippen molar-refractivity contribution in [1.82, 2.24) is 5.32 Å². The van der Waals surface area contributed by atoms with Gasteiger partial charge in [0.2, 0.25) is 0 Å². The van der Waals surface area contributed by atoms with Crippen LogP contribution in [0.4, 0.5) is 5.69 Å². The molecule has 1 atom stereocenters. The summed E-state index contributed by atoms with van der Waals surface area (Å²) in [6.07, 6.45) is 2.60. The molecular formula is C15H24N2O. The molecule has 0 radical (unpaired) electrons. The third kappa shape index (κ3) is 3.16. The van der Waals surface area contributed by atoms with Gasteiger partial charge in [0.25, 0.3) is 0 Å². The summed E-state index contributed by atoms with van der Waals surface area (Å²) in [4.78, 5) is 0. The van der Waals surface area contributed by atoms with E-state index in [1.54, 1.807) is 7.11 Å². The van der Waals surface area contributed by atoms with Crippen LogP contribution in [0.3, 0.4) is 0 Å². The van der Waals surface area contributed by atoms with Gasteiger partial charge in [0, 0.05) is 6.54 Å². The van der Waals surface area contributed by atoms with Crippen LogP contribution in [0.25, 0.3) is 0 Å². The van der Waals surface area contributed by atoms with E-state index in [4.69, 9.17) is 4.74 Å². The van der Waals surface area contributed by atoms with Crippen molar-refractivity contribution in [3.05, 3.63) is 23.3 Å². The van der Waals surface area contributed by atoms with Crippen molar-refractivity contribution in [2.24, 2.45) is 5.92 Å². The molecule has 1 saturated heterocycles. The van der Waals surface area contributed by atoms with Crippen molar-refractivity contribution in [1.29, 1.82) is 0 Å². The van der Waals surface area contributed by atoms with Crippen LogP contribution in [-0.2, 0) is 0 Å². The monoisotopic (exact) mass is 248 g/mol. The third-order valence-electron chi connectivity index (χ3n) is 3.80. The topological polar surface area (TPSA) is 33.3 Å². The highest BCUT2D eigenvalue weighted by atomic mass is 16.5. The number of anilines is 1. The lowest BCUT2D eigenvalue weighted by atomic mass is 9.99. The Bertz CT molecular complexity index is 398. The van der Waals surface area contributed by atoms with E-state index in [1.165, 1.54) is 30.5 Å². The summed E-state index contributed by atoms with van der Waals surface area (Å²) in [5.74, 6) is 1.67. The molecule has 0 aromatic heterocycles. The number of aryl methyl sites for hydroxylation is 2. The van der Waals surface area contributed by atoms with Crippen LogP contribution in [0.5, 0.6) is 5.75 Å². The Labute approximate surface area is 110 Å². The van der Waals surface area contributed by atoms with Crippen LogP contribution in [0.2, 0.25) is 0 Å². The number of nitrogens with one attached hydrogen (secondary N) is 2.